The van der Waals surface area contributed by atoms with Gasteiger partial charge in [0.25, 0.3) is 0 Å². The molecule has 0 radical (unpaired) electrons. The molecule has 0 bridgehead atoms. The van der Waals surface area contributed by atoms with Crippen LogP contribution in [0.15, 0.2) is 18.2 Å². The van der Waals surface area contributed by atoms with Crippen LogP contribution < -0.4 is 5.32 Å². The van der Waals surface area contributed by atoms with E-state index in [1.54, 1.807) is 0 Å². The molecule has 0 aromatic carbocycles. The molecule has 18 heavy (non-hydrogen) atoms. The Hall–Kier alpha value is -1.42. The van der Waals surface area contributed by atoms with Crippen LogP contribution in [0.25, 0.3) is 0 Å². The van der Waals surface area contributed by atoms with Crippen molar-refractivity contribution in [3.05, 3.63) is 29.6 Å². The van der Waals surface area contributed by atoms with E-state index in [1.807, 2.05) is 36.9 Å². The van der Waals surface area contributed by atoms with Crippen molar-refractivity contribution >= 4 is 5.91 Å². The number of pyridine rings is 1. The lowest BCUT2D eigenvalue weighted by molar-refractivity contribution is -0.130. The summed E-state index contributed by atoms with van der Waals surface area (Å²) < 4.78 is 0. The summed E-state index contributed by atoms with van der Waals surface area (Å²) in [6.07, 6.45) is 2.41. The van der Waals surface area contributed by atoms with Crippen molar-refractivity contribution in [2.24, 2.45) is 0 Å². The minimum atomic E-state index is 0.160. The molecule has 0 saturated heterocycles. The quantitative estimate of drug-likeness (QED) is 0.828. The van der Waals surface area contributed by atoms with Crippen molar-refractivity contribution in [1.82, 2.24) is 15.2 Å². The molecule has 1 aliphatic carbocycles. The van der Waals surface area contributed by atoms with E-state index >= 15 is 0 Å². The third-order valence-corrected chi connectivity index (χ3v) is 3.15. The number of hydrogen-bond acceptors (Lipinski definition) is 3. The normalized spacial score (nSPS) is 14.6. The number of likely N-dealkylation sites (N-methyl/N-ethyl adjacent to an activating group) is 1. The highest BCUT2D eigenvalue weighted by atomic mass is 16.2. The molecule has 1 N–H and O–H groups in total. The molecule has 1 amide bonds. The van der Waals surface area contributed by atoms with Crippen LogP contribution in [0.2, 0.25) is 0 Å². The van der Waals surface area contributed by atoms with Crippen LogP contribution in [0, 0.1) is 6.92 Å². The second-order valence-electron chi connectivity index (χ2n) is 4.83. The molecule has 0 aliphatic heterocycles. The predicted octanol–water partition coefficient (Wildman–Crippen LogP) is 1.49. The zero-order valence-corrected chi connectivity index (χ0v) is 11.1. The Morgan fingerprint density at radius 2 is 2.28 bits per heavy atom. The number of nitrogens with zero attached hydrogens (tertiary/aromatic N) is 2. The first kappa shape index (κ1) is 13.0. The third-order valence-electron chi connectivity index (χ3n) is 3.15. The molecule has 1 saturated carbocycles. The van der Waals surface area contributed by atoms with Crippen LogP contribution in [-0.2, 0) is 11.3 Å². The molecule has 1 aliphatic rings. The fourth-order valence-electron chi connectivity index (χ4n) is 1.89. The Morgan fingerprint density at radius 3 is 2.89 bits per heavy atom. The van der Waals surface area contributed by atoms with Gasteiger partial charge in [0.1, 0.15) is 0 Å². The Kier molecular flexibility index (Phi) is 4.31. The minimum absolute atomic E-state index is 0.160. The molecule has 1 heterocycles. The molecule has 1 aromatic rings. The second kappa shape index (κ2) is 5.96. The Morgan fingerprint density at radius 1 is 1.50 bits per heavy atom. The van der Waals surface area contributed by atoms with Crippen LogP contribution in [0.4, 0.5) is 0 Å². The van der Waals surface area contributed by atoms with Crippen LogP contribution in [0.1, 0.15) is 31.2 Å². The highest BCUT2D eigenvalue weighted by Gasteiger charge is 2.22. The van der Waals surface area contributed by atoms with Gasteiger partial charge in [-0.3, -0.25) is 9.78 Å². The summed E-state index contributed by atoms with van der Waals surface area (Å²) in [4.78, 5) is 18.3. The lowest BCUT2D eigenvalue weighted by atomic mass is 10.3. The van der Waals surface area contributed by atoms with E-state index in [2.05, 4.69) is 10.3 Å². The van der Waals surface area contributed by atoms with Crippen molar-refractivity contribution < 1.29 is 4.79 Å². The number of hydrogen-bond donors (Lipinski definition) is 1. The highest BCUT2D eigenvalue weighted by Crippen LogP contribution is 2.18. The number of aromatic nitrogens is 1. The Balaban J connectivity index is 1.88. The molecule has 0 unspecified atom stereocenters. The van der Waals surface area contributed by atoms with Gasteiger partial charge in [-0.05, 0) is 38.8 Å². The summed E-state index contributed by atoms with van der Waals surface area (Å²) >= 11 is 0. The third kappa shape index (κ3) is 3.81. The van der Waals surface area contributed by atoms with Crippen molar-refractivity contribution in [2.75, 3.05) is 13.1 Å². The van der Waals surface area contributed by atoms with Crippen LogP contribution in [0.5, 0.6) is 0 Å². The molecule has 0 atom stereocenters. The SMILES string of the molecule is CCN(Cc1cccc(C)n1)C(=O)CNC1CC1. The van der Waals surface area contributed by atoms with Gasteiger partial charge in [0.05, 0.1) is 18.8 Å². The van der Waals surface area contributed by atoms with Crippen LogP contribution >= 0.6 is 0 Å². The molecular weight excluding hydrogens is 226 g/mol. The number of nitrogens with one attached hydrogen (secondary N) is 1. The fraction of sp³-hybridized carbons (Fsp3) is 0.571. The minimum Gasteiger partial charge on any atom is -0.336 e. The maximum atomic E-state index is 12.0. The van der Waals surface area contributed by atoms with Crippen molar-refractivity contribution in [2.45, 2.75) is 39.3 Å². The van der Waals surface area contributed by atoms with Gasteiger partial charge in [0, 0.05) is 18.3 Å². The topological polar surface area (TPSA) is 45.2 Å². The van der Waals surface area contributed by atoms with Gasteiger partial charge >= 0.3 is 0 Å². The smallest absolute Gasteiger partial charge is 0.236 e. The molecule has 4 heteroatoms. The number of carbonyl (C=O) groups excluding carboxylic acids is 1. The number of amides is 1. The number of carbonyl (C=O) groups is 1. The van der Waals surface area contributed by atoms with Crippen molar-refractivity contribution in [1.29, 1.82) is 0 Å². The standard InChI is InChI=1S/C14H21N3O/c1-3-17(14(18)9-15-12-7-8-12)10-13-6-4-5-11(2)16-13/h4-6,12,15H,3,7-10H2,1-2H3. The summed E-state index contributed by atoms with van der Waals surface area (Å²) in [5, 5.41) is 3.26. The largest absolute Gasteiger partial charge is 0.336 e. The van der Waals surface area contributed by atoms with Crippen molar-refractivity contribution in [3.8, 4) is 0 Å². The van der Waals surface area contributed by atoms with Gasteiger partial charge in [0.2, 0.25) is 5.91 Å². The molecular formula is C14H21N3O. The first-order chi connectivity index (χ1) is 8.69. The molecule has 1 aromatic heterocycles. The van der Waals surface area contributed by atoms with Crippen LogP contribution in [0.3, 0.4) is 0 Å². The zero-order valence-electron chi connectivity index (χ0n) is 11.1. The van der Waals surface area contributed by atoms with Gasteiger partial charge in [-0.2, -0.15) is 0 Å². The lowest BCUT2D eigenvalue weighted by Crippen LogP contribution is -2.38. The summed E-state index contributed by atoms with van der Waals surface area (Å²) in [5.74, 6) is 0.160. The average Bonchev–Trinajstić information content (AvgIpc) is 3.17. The Labute approximate surface area is 108 Å². The summed E-state index contributed by atoms with van der Waals surface area (Å²) in [6, 6.07) is 6.50. The molecule has 4 nitrogen and oxygen atoms in total. The second-order valence-corrected chi connectivity index (χ2v) is 4.83. The summed E-state index contributed by atoms with van der Waals surface area (Å²) in [7, 11) is 0. The van der Waals surface area contributed by atoms with E-state index in [0.29, 0.717) is 19.1 Å². The van der Waals surface area contributed by atoms with E-state index in [4.69, 9.17) is 0 Å². The Bertz CT molecular complexity index is 415. The highest BCUT2D eigenvalue weighted by molar-refractivity contribution is 5.78. The van der Waals surface area contributed by atoms with Crippen molar-refractivity contribution in [3.63, 3.8) is 0 Å². The number of rotatable bonds is 6. The van der Waals surface area contributed by atoms with Gasteiger partial charge in [0.15, 0.2) is 0 Å². The first-order valence-electron chi connectivity index (χ1n) is 6.62. The first-order valence-corrected chi connectivity index (χ1v) is 6.62. The van der Waals surface area contributed by atoms with Gasteiger partial charge in [-0.15, -0.1) is 0 Å². The van der Waals surface area contributed by atoms with E-state index in [0.717, 1.165) is 17.9 Å². The van der Waals surface area contributed by atoms with E-state index in [9.17, 15) is 4.79 Å². The zero-order chi connectivity index (χ0) is 13.0. The van der Waals surface area contributed by atoms with E-state index in [1.165, 1.54) is 12.8 Å². The monoisotopic (exact) mass is 247 g/mol. The van der Waals surface area contributed by atoms with E-state index < -0.39 is 0 Å². The molecule has 2 rings (SSSR count). The maximum absolute atomic E-state index is 12.0. The molecule has 98 valence electrons. The van der Waals surface area contributed by atoms with Gasteiger partial charge < -0.3 is 10.2 Å². The molecule has 0 spiro atoms. The molecule has 1 fully saturated rings. The van der Waals surface area contributed by atoms with E-state index in [-0.39, 0.29) is 5.91 Å². The summed E-state index contributed by atoms with van der Waals surface area (Å²) in [5.41, 5.74) is 1.95. The maximum Gasteiger partial charge on any atom is 0.236 e. The predicted molar refractivity (Wildman–Crippen MR) is 71.1 cm³/mol. The lowest BCUT2D eigenvalue weighted by Gasteiger charge is -2.21. The van der Waals surface area contributed by atoms with Crippen LogP contribution in [-0.4, -0.2) is 34.9 Å². The fourth-order valence-corrected chi connectivity index (χ4v) is 1.89. The number of aryl methyl sites for hydroxylation is 1. The van der Waals surface area contributed by atoms with Gasteiger partial charge in [-0.25, -0.2) is 0 Å². The summed E-state index contributed by atoms with van der Waals surface area (Å²) in [6.45, 7) is 5.75. The van der Waals surface area contributed by atoms with Gasteiger partial charge in [-0.1, -0.05) is 6.07 Å². The average molecular weight is 247 g/mol.